The van der Waals surface area contributed by atoms with E-state index in [1.54, 1.807) is 11.6 Å². The van der Waals surface area contributed by atoms with Crippen molar-refractivity contribution in [2.45, 2.75) is 25.4 Å². The monoisotopic (exact) mass is 423 g/mol. The molecule has 0 saturated carbocycles. The molecule has 0 aliphatic carbocycles. The lowest BCUT2D eigenvalue weighted by atomic mass is 9.99. The lowest BCUT2D eigenvalue weighted by molar-refractivity contribution is 0.300. The second-order valence-electron chi connectivity index (χ2n) is 6.67. The molecule has 3 heterocycles. The fraction of sp³-hybridized carbons (Fsp3) is 0.471. The minimum absolute atomic E-state index is 0.0177. The van der Waals surface area contributed by atoms with Crippen LogP contribution >= 0.6 is 11.3 Å². The van der Waals surface area contributed by atoms with Gasteiger partial charge in [0.05, 0.1) is 13.4 Å². The molecule has 2 aromatic heterocycles. The van der Waals surface area contributed by atoms with Crippen molar-refractivity contribution in [2.75, 3.05) is 26.5 Å². The Balaban J connectivity index is 1.48. The fourth-order valence-corrected chi connectivity index (χ4v) is 4.92. The molecular formula is C17H21N5O4S2. The van der Waals surface area contributed by atoms with Gasteiger partial charge >= 0.3 is 0 Å². The molecule has 28 heavy (non-hydrogen) atoms. The molecule has 11 heteroatoms. The zero-order valence-electron chi connectivity index (χ0n) is 15.6. The van der Waals surface area contributed by atoms with Crippen molar-refractivity contribution < 1.29 is 17.9 Å². The summed E-state index contributed by atoms with van der Waals surface area (Å²) in [5.74, 6) is 2.18. The molecule has 1 aromatic carbocycles. The quantitative estimate of drug-likeness (QED) is 0.597. The van der Waals surface area contributed by atoms with Gasteiger partial charge in [0.1, 0.15) is 18.1 Å². The summed E-state index contributed by atoms with van der Waals surface area (Å²) in [5, 5.41) is 13.8. The average molecular weight is 424 g/mol. The summed E-state index contributed by atoms with van der Waals surface area (Å²) in [6.45, 7) is 1.28. The predicted molar refractivity (Wildman–Crippen MR) is 104 cm³/mol. The third-order valence-corrected chi connectivity index (χ3v) is 6.84. The van der Waals surface area contributed by atoms with E-state index < -0.39 is 10.0 Å². The van der Waals surface area contributed by atoms with Gasteiger partial charge in [-0.25, -0.2) is 12.7 Å². The van der Waals surface area contributed by atoms with E-state index >= 15 is 0 Å². The zero-order valence-corrected chi connectivity index (χ0v) is 17.2. The number of methoxy groups -OCH3 is 1. The second kappa shape index (κ2) is 7.64. The summed E-state index contributed by atoms with van der Waals surface area (Å²) in [5.41, 5.74) is 0. The largest absolute Gasteiger partial charge is 0.497 e. The highest BCUT2D eigenvalue weighted by molar-refractivity contribution is 7.88. The fourth-order valence-electron chi connectivity index (χ4n) is 3.26. The summed E-state index contributed by atoms with van der Waals surface area (Å²) < 4.78 is 37.9. The molecule has 0 spiro atoms. The van der Waals surface area contributed by atoms with Crippen molar-refractivity contribution >= 4 is 26.3 Å². The van der Waals surface area contributed by atoms with Gasteiger partial charge in [-0.15, -0.1) is 10.2 Å². The van der Waals surface area contributed by atoms with Crippen molar-refractivity contribution in [3.05, 3.63) is 35.1 Å². The third-order valence-electron chi connectivity index (χ3n) is 4.70. The van der Waals surface area contributed by atoms with Crippen LogP contribution < -0.4 is 9.47 Å². The van der Waals surface area contributed by atoms with Crippen molar-refractivity contribution in [1.29, 1.82) is 0 Å². The first-order valence-corrected chi connectivity index (χ1v) is 11.5. The van der Waals surface area contributed by atoms with Gasteiger partial charge in [-0.2, -0.15) is 9.61 Å². The van der Waals surface area contributed by atoms with E-state index in [0.717, 1.165) is 29.3 Å². The maximum Gasteiger partial charge on any atom is 0.234 e. The molecule has 1 aliphatic rings. The van der Waals surface area contributed by atoms with Crippen LogP contribution in [0.2, 0.25) is 0 Å². The van der Waals surface area contributed by atoms with Gasteiger partial charge in [-0.3, -0.25) is 0 Å². The number of ether oxygens (including phenoxy) is 2. The molecule has 1 aliphatic heterocycles. The molecule has 1 saturated heterocycles. The average Bonchev–Trinajstić information content (AvgIpc) is 3.26. The molecule has 0 radical (unpaired) electrons. The zero-order chi connectivity index (χ0) is 19.7. The maximum absolute atomic E-state index is 11.9. The smallest absolute Gasteiger partial charge is 0.234 e. The van der Waals surface area contributed by atoms with Crippen LogP contribution in [0.1, 0.15) is 29.6 Å². The van der Waals surface area contributed by atoms with E-state index in [0.29, 0.717) is 30.5 Å². The predicted octanol–water partition coefficient (Wildman–Crippen LogP) is 1.91. The molecule has 150 valence electrons. The van der Waals surface area contributed by atoms with E-state index in [1.807, 2.05) is 24.3 Å². The van der Waals surface area contributed by atoms with Crippen molar-refractivity contribution in [1.82, 2.24) is 24.1 Å². The Morgan fingerprint density at radius 2 is 1.96 bits per heavy atom. The number of fused-ring (bicyclic) bond motifs is 1. The van der Waals surface area contributed by atoms with Crippen LogP contribution in [0.25, 0.3) is 4.96 Å². The molecule has 3 aromatic rings. The Hall–Kier alpha value is -2.24. The van der Waals surface area contributed by atoms with E-state index in [4.69, 9.17) is 9.47 Å². The van der Waals surface area contributed by atoms with Crippen LogP contribution in [0.4, 0.5) is 0 Å². The minimum Gasteiger partial charge on any atom is -0.497 e. The number of rotatable bonds is 6. The van der Waals surface area contributed by atoms with E-state index in [9.17, 15) is 8.42 Å². The number of aromatic nitrogens is 4. The SMILES string of the molecule is COc1ccc(OCc2nn3c(C4CCCN(S(C)(=O)=O)C4)nnc3s2)cc1. The maximum atomic E-state index is 11.9. The molecule has 0 N–H and O–H groups in total. The van der Waals surface area contributed by atoms with Gasteiger partial charge in [0.25, 0.3) is 0 Å². The first kappa shape index (κ1) is 19.1. The van der Waals surface area contributed by atoms with Gasteiger partial charge < -0.3 is 9.47 Å². The summed E-state index contributed by atoms with van der Waals surface area (Å²) in [6.07, 6.45) is 2.90. The van der Waals surface area contributed by atoms with Gasteiger partial charge in [0.15, 0.2) is 10.8 Å². The Labute approximate surface area is 167 Å². The normalized spacial score (nSPS) is 18.4. The Morgan fingerprint density at radius 1 is 1.21 bits per heavy atom. The molecule has 1 unspecified atom stereocenters. The first-order valence-electron chi connectivity index (χ1n) is 8.87. The summed E-state index contributed by atoms with van der Waals surface area (Å²) in [4.78, 5) is 0.680. The highest BCUT2D eigenvalue weighted by atomic mass is 32.2. The van der Waals surface area contributed by atoms with Crippen LogP contribution in [0, 0.1) is 0 Å². The second-order valence-corrected chi connectivity index (χ2v) is 9.70. The van der Waals surface area contributed by atoms with Crippen LogP contribution in [0.15, 0.2) is 24.3 Å². The van der Waals surface area contributed by atoms with E-state index in [2.05, 4.69) is 15.3 Å². The Bertz CT molecular complexity index is 1060. The van der Waals surface area contributed by atoms with Gasteiger partial charge in [0, 0.05) is 19.0 Å². The first-order chi connectivity index (χ1) is 13.4. The van der Waals surface area contributed by atoms with Gasteiger partial charge in [-0.05, 0) is 37.1 Å². The number of benzene rings is 1. The molecular weight excluding hydrogens is 402 g/mol. The number of hydrogen-bond acceptors (Lipinski definition) is 8. The lowest BCUT2D eigenvalue weighted by Crippen LogP contribution is -2.38. The Morgan fingerprint density at radius 3 is 2.68 bits per heavy atom. The standard InChI is InChI=1S/C17H21N5O4S2/c1-25-13-5-7-14(8-6-13)26-11-15-20-22-16(18-19-17(22)27-15)12-4-3-9-21(10-12)28(2,23)24/h5-8,12H,3-4,9-11H2,1-2H3. The summed E-state index contributed by atoms with van der Waals surface area (Å²) in [6, 6.07) is 7.35. The highest BCUT2D eigenvalue weighted by Crippen LogP contribution is 2.28. The lowest BCUT2D eigenvalue weighted by Gasteiger charge is -2.29. The van der Waals surface area contributed by atoms with Crippen LogP contribution in [0.3, 0.4) is 0 Å². The van der Waals surface area contributed by atoms with Gasteiger partial charge in [-0.1, -0.05) is 11.3 Å². The van der Waals surface area contributed by atoms with E-state index in [-0.39, 0.29) is 5.92 Å². The van der Waals surface area contributed by atoms with Crippen LogP contribution in [-0.2, 0) is 16.6 Å². The summed E-state index contributed by atoms with van der Waals surface area (Å²) in [7, 11) is -1.59. The molecule has 0 bridgehead atoms. The third kappa shape index (κ3) is 3.96. The molecule has 0 amide bonds. The molecule has 1 fully saturated rings. The number of piperidine rings is 1. The molecule has 1 atom stereocenters. The molecule has 4 rings (SSSR count). The van der Waals surface area contributed by atoms with Crippen molar-refractivity contribution in [3.8, 4) is 11.5 Å². The highest BCUT2D eigenvalue weighted by Gasteiger charge is 2.30. The number of sulfonamides is 1. The molecule has 9 nitrogen and oxygen atoms in total. The van der Waals surface area contributed by atoms with Crippen molar-refractivity contribution in [3.63, 3.8) is 0 Å². The number of nitrogens with zero attached hydrogens (tertiary/aromatic N) is 5. The topological polar surface area (TPSA) is 98.9 Å². The van der Waals surface area contributed by atoms with Gasteiger partial charge in [0.2, 0.25) is 15.0 Å². The van der Waals surface area contributed by atoms with Crippen LogP contribution in [-0.4, -0.2) is 59.0 Å². The number of hydrogen-bond donors (Lipinski definition) is 0. The minimum atomic E-state index is -3.21. The van der Waals surface area contributed by atoms with E-state index in [1.165, 1.54) is 21.9 Å². The van der Waals surface area contributed by atoms with Crippen LogP contribution in [0.5, 0.6) is 11.5 Å². The van der Waals surface area contributed by atoms with Crippen molar-refractivity contribution in [2.24, 2.45) is 0 Å². The summed E-state index contributed by atoms with van der Waals surface area (Å²) >= 11 is 1.41. The Kier molecular flexibility index (Phi) is 5.21.